The van der Waals surface area contributed by atoms with Gasteiger partial charge in [-0.05, 0) is 36.4 Å². The van der Waals surface area contributed by atoms with Crippen LogP contribution in [0.3, 0.4) is 0 Å². The minimum atomic E-state index is -0.374. The molecule has 110 valence electrons. The van der Waals surface area contributed by atoms with Crippen LogP contribution in [0.15, 0.2) is 55.0 Å². The fraction of sp³-hybridized carbons (Fsp3) is 0. The molecule has 0 atom stereocenters. The summed E-state index contributed by atoms with van der Waals surface area (Å²) in [6.07, 6.45) is 5.28. The van der Waals surface area contributed by atoms with Crippen molar-refractivity contribution in [1.82, 2.24) is 14.8 Å². The van der Waals surface area contributed by atoms with Crippen LogP contribution >= 0.6 is 11.6 Å². The first kappa shape index (κ1) is 15.6. The Labute approximate surface area is 130 Å². The number of aromatic nitrogens is 3. The SMILES string of the molecule is Fc1cc(Cl)cc(-c2ccnn2-c2cccnc2)c1.O=C=O. The summed E-state index contributed by atoms with van der Waals surface area (Å²) in [7, 11) is 0. The highest BCUT2D eigenvalue weighted by atomic mass is 35.5. The van der Waals surface area contributed by atoms with Crippen molar-refractivity contribution in [1.29, 1.82) is 0 Å². The first-order chi connectivity index (χ1) is 10.7. The van der Waals surface area contributed by atoms with Gasteiger partial charge in [-0.25, -0.2) is 9.07 Å². The van der Waals surface area contributed by atoms with Crippen LogP contribution in [-0.2, 0) is 9.59 Å². The van der Waals surface area contributed by atoms with E-state index < -0.39 is 0 Å². The molecule has 2 heterocycles. The quantitative estimate of drug-likeness (QED) is 0.728. The van der Waals surface area contributed by atoms with Gasteiger partial charge < -0.3 is 0 Å². The lowest BCUT2D eigenvalue weighted by molar-refractivity contribution is -0.191. The molecule has 0 aliphatic rings. The minimum Gasteiger partial charge on any atom is -0.262 e. The second-order valence-corrected chi connectivity index (χ2v) is 4.52. The maximum atomic E-state index is 13.4. The highest BCUT2D eigenvalue weighted by Crippen LogP contribution is 2.25. The summed E-state index contributed by atoms with van der Waals surface area (Å²) >= 11 is 5.88. The van der Waals surface area contributed by atoms with Gasteiger partial charge in [0.25, 0.3) is 0 Å². The molecule has 0 aliphatic heterocycles. The van der Waals surface area contributed by atoms with Gasteiger partial charge in [0.15, 0.2) is 0 Å². The summed E-state index contributed by atoms with van der Waals surface area (Å²) in [5.41, 5.74) is 2.24. The van der Waals surface area contributed by atoms with E-state index in [9.17, 15) is 4.39 Å². The minimum absolute atomic E-state index is 0.250. The van der Waals surface area contributed by atoms with Gasteiger partial charge in [-0.2, -0.15) is 14.7 Å². The molecule has 0 saturated carbocycles. The molecule has 5 nitrogen and oxygen atoms in total. The topological polar surface area (TPSA) is 64.8 Å². The predicted octanol–water partition coefficient (Wildman–Crippen LogP) is 3.14. The highest BCUT2D eigenvalue weighted by molar-refractivity contribution is 6.30. The van der Waals surface area contributed by atoms with Crippen LogP contribution in [0.2, 0.25) is 5.02 Å². The number of hydrogen-bond donors (Lipinski definition) is 0. The van der Waals surface area contributed by atoms with E-state index in [0.29, 0.717) is 10.6 Å². The fourth-order valence-electron chi connectivity index (χ4n) is 1.91. The van der Waals surface area contributed by atoms with Crippen LogP contribution in [0.25, 0.3) is 16.9 Å². The average molecular weight is 318 g/mol. The molecule has 0 saturated heterocycles. The van der Waals surface area contributed by atoms with Gasteiger partial charge in [0.2, 0.25) is 0 Å². The molecule has 0 spiro atoms. The van der Waals surface area contributed by atoms with Gasteiger partial charge in [-0.1, -0.05) is 11.6 Å². The van der Waals surface area contributed by atoms with Gasteiger partial charge in [-0.3, -0.25) is 4.98 Å². The summed E-state index contributed by atoms with van der Waals surface area (Å²) in [6, 6.07) is 9.90. The third kappa shape index (κ3) is 3.63. The van der Waals surface area contributed by atoms with Gasteiger partial charge >= 0.3 is 6.15 Å². The van der Waals surface area contributed by atoms with E-state index in [1.165, 1.54) is 12.1 Å². The highest BCUT2D eigenvalue weighted by Gasteiger charge is 2.09. The van der Waals surface area contributed by atoms with E-state index in [0.717, 1.165) is 11.4 Å². The Morgan fingerprint density at radius 1 is 1.14 bits per heavy atom. The van der Waals surface area contributed by atoms with Crippen molar-refractivity contribution in [2.24, 2.45) is 0 Å². The summed E-state index contributed by atoms with van der Waals surface area (Å²) in [4.78, 5) is 20.3. The van der Waals surface area contributed by atoms with Crippen molar-refractivity contribution in [2.75, 3.05) is 0 Å². The van der Waals surface area contributed by atoms with Crippen molar-refractivity contribution >= 4 is 17.8 Å². The summed E-state index contributed by atoms with van der Waals surface area (Å²) < 4.78 is 15.1. The van der Waals surface area contributed by atoms with Crippen LogP contribution in [0, 0.1) is 5.82 Å². The zero-order chi connectivity index (χ0) is 15.9. The molecule has 0 fully saturated rings. The zero-order valence-corrected chi connectivity index (χ0v) is 11.9. The van der Waals surface area contributed by atoms with Gasteiger partial charge in [-0.15, -0.1) is 0 Å². The van der Waals surface area contributed by atoms with E-state index in [2.05, 4.69) is 10.1 Å². The van der Waals surface area contributed by atoms with Gasteiger partial charge in [0.1, 0.15) is 5.82 Å². The fourth-order valence-corrected chi connectivity index (χ4v) is 2.13. The number of pyridine rings is 1. The maximum absolute atomic E-state index is 13.4. The van der Waals surface area contributed by atoms with E-state index in [4.69, 9.17) is 21.2 Å². The Balaban J connectivity index is 0.000000545. The van der Waals surface area contributed by atoms with E-state index in [1.54, 1.807) is 35.4 Å². The monoisotopic (exact) mass is 317 g/mol. The molecule has 0 radical (unpaired) electrons. The molecule has 1 aromatic carbocycles. The van der Waals surface area contributed by atoms with Crippen LogP contribution in [0.1, 0.15) is 0 Å². The molecular weight excluding hydrogens is 309 g/mol. The van der Waals surface area contributed by atoms with E-state index in [-0.39, 0.29) is 12.0 Å². The third-order valence-corrected chi connectivity index (χ3v) is 2.91. The van der Waals surface area contributed by atoms with E-state index in [1.807, 2.05) is 12.1 Å². The van der Waals surface area contributed by atoms with Gasteiger partial charge in [0, 0.05) is 16.8 Å². The largest absolute Gasteiger partial charge is 0.373 e. The van der Waals surface area contributed by atoms with Crippen LogP contribution in [0.4, 0.5) is 4.39 Å². The van der Waals surface area contributed by atoms with Crippen LogP contribution in [-0.4, -0.2) is 20.9 Å². The Bertz CT molecular complexity index is 779. The van der Waals surface area contributed by atoms with Crippen molar-refractivity contribution in [3.63, 3.8) is 0 Å². The number of rotatable bonds is 2. The smallest absolute Gasteiger partial charge is 0.262 e. The third-order valence-electron chi connectivity index (χ3n) is 2.69. The normalized spacial score (nSPS) is 9.55. The Hall–Kier alpha value is -2.82. The Morgan fingerprint density at radius 2 is 1.91 bits per heavy atom. The predicted molar refractivity (Wildman–Crippen MR) is 76.8 cm³/mol. The first-order valence-electron chi connectivity index (χ1n) is 6.06. The molecular formula is C15H9ClFN3O2. The molecule has 2 aromatic heterocycles. The first-order valence-corrected chi connectivity index (χ1v) is 6.43. The average Bonchev–Trinajstić information content (AvgIpc) is 2.97. The Kier molecular flexibility index (Phi) is 5.14. The zero-order valence-electron chi connectivity index (χ0n) is 11.1. The summed E-state index contributed by atoms with van der Waals surface area (Å²) in [5.74, 6) is -0.374. The lowest BCUT2D eigenvalue weighted by atomic mass is 10.1. The Morgan fingerprint density at radius 3 is 2.55 bits per heavy atom. The number of benzene rings is 1. The summed E-state index contributed by atoms with van der Waals surface area (Å²) in [6.45, 7) is 0. The molecule has 0 N–H and O–H groups in total. The van der Waals surface area contributed by atoms with Gasteiger partial charge in [0.05, 0.1) is 23.8 Å². The van der Waals surface area contributed by atoms with Crippen molar-refractivity contribution in [2.45, 2.75) is 0 Å². The number of hydrogen-bond acceptors (Lipinski definition) is 4. The lowest BCUT2D eigenvalue weighted by Crippen LogP contribution is -1.99. The number of halogens is 2. The van der Waals surface area contributed by atoms with Crippen molar-refractivity contribution < 1.29 is 14.0 Å². The number of carbonyl (C=O) groups excluding carboxylic acids is 2. The lowest BCUT2D eigenvalue weighted by Gasteiger charge is -2.07. The molecule has 0 aliphatic carbocycles. The molecule has 0 bridgehead atoms. The van der Waals surface area contributed by atoms with Crippen LogP contribution in [0.5, 0.6) is 0 Å². The second kappa shape index (κ2) is 7.26. The molecule has 0 unspecified atom stereocenters. The van der Waals surface area contributed by atoms with Crippen molar-refractivity contribution in [3.05, 3.63) is 65.8 Å². The van der Waals surface area contributed by atoms with Crippen molar-refractivity contribution in [3.8, 4) is 16.9 Å². The molecule has 22 heavy (non-hydrogen) atoms. The maximum Gasteiger partial charge on any atom is 0.373 e. The molecule has 3 aromatic rings. The summed E-state index contributed by atoms with van der Waals surface area (Å²) in [5, 5.41) is 4.59. The van der Waals surface area contributed by atoms with E-state index >= 15 is 0 Å². The second-order valence-electron chi connectivity index (χ2n) is 4.08. The van der Waals surface area contributed by atoms with Crippen LogP contribution < -0.4 is 0 Å². The standard InChI is InChI=1S/C14H9ClFN3.CO2/c15-11-6-10(7-12(16)8-11)14-3-5-18-19(14)13-2-1-4-17-9-13;2-1-3/h1-9H;. The molecule has 7 heteroatoms. The molecule has 0 amide bonds. The molecule has 3 rings (SSSR count). The number of nitrogens with zero attached hydrogens (tertiary/aromatic N) is 3.